The Labute approximate surface area is 202 Å². The van der Waals surface area contributed by atoms with Crippen molar-refractivity contribution in [1.29, 1.82) is 0 Å². The monoisotopic (exact) mass is 524 g/mol. The zero-order valence-electron chi connectivity index (χ0n) is 17.1. The average Bonchev–Trinajstić information content (AvgIpc) is 3.07. The number of nitro benzene ring substituents is 1. The van der Waals surface area contributed by atoms with Gasteiger partial charge in [-0.25, -0.2) is 0 Å². The molecule has 7 nitrogen and oxygen atoms in total. The molecule has 9 heteroatoms. The van der Waals surface area contributed by atoms with Gasteiger partial charge in [0.2, 0.25) is 0 Å². The first-order valence-corrected chi connectivity index (χ1v) is 11.5. The van der Waals surface area contributed by atoms with Crippen molar-refractivity contribution in [2.24, 2.45) is 0 Å². The highest BCUT2D eigenvalue weighted by molar-refractivity contribution is 9.10. The van der Waals surface area contributed by atoms with Crippen molar-refractivity contribution in [3.63, 3.8) is 0 Å². The quantitative estimate of drug-likeness (QED) is 0.208. The van der Waals surface area contributed by atoms with Gasteiger partial charge in [0, 0.05) is 21.7 Å². The van der Waals surface area contributed by atoms with E-state index < -0.39 is 16.1 Å². The molecule has 166 valence electrons. The maximum Gasteiger partial charge on any atom is 0.293 e. The Morgan fingerprint density at radius 1 is 1.03 bits per heavy atom. The van der Waals surface area contributed by atoms with Crippen molar-refractivity contribution < 1.29 is 19.2 Å². The summed E-state index contributed by atoms with van der Waals surface area (Å²) >= 11 is 4.23. The number of carbonyl (C=O) groups excluding carboxylic acids is 2. The summed E-state index contributed by atoms with van der Waals surface area (Å²) in [4.78, 5) is 37.5. The second-order valence-electron chi connectivity index (χ2n) is 7.11. The number of hydrogen-bond acceptors (Lipinski definition) is 6. The summed E-state index contributed by atoms with van der Waals surface area (Å²) in [6.45, 7) is 0.178. The molecule has 1 aliphatic heterocycles. The first kappa shape index (κ1) is 22.8. The van der Waals surface area contributed by atoms with Crippen molar-refractivity contribution in [3.8, 4) is 5.75 Å². The minimum absolute atomic E-state index is 0.135. The number of amides is 2. The molecule has 0 aromatic heterocycles. The van der Waals surface area contributed by atoms with Crippen LogP contribution in [-0.4, -0.2) is 21.0 Å². The fourth-order valence-electron chi connectivity index (χ4n) is 3.27. The lowest BCUT2D eigenvalue weighted by Gasteiger charge is -2.13. The van der Waals surface area contributed by atoms with E-state index in [4.69, 9.17) is 4.74 Å². The molecule has 0 bridgehead atoms. The lowest BCUT2D eigenvalue weighted by atomic mass is 10.1. The highest BCUT2D eigenvalue weighted by atomic mass is 79.9. The predicted octanol–water partition coefficient (Wildman–Crippen LogP) is 6.17. The van der Waals surface area contributed by atoms with E-state index in [1.54, 1.807) is 30.3 Å². The largest absolute Gasteiger partial charge is 0.488 e. The molecule has 0 N–H and O–H groups in total. The highest BCUT2D eigenvalue weighted by Crippen LogP contribution is 2.36. The number of hydrogen-bond donors (Lipinski definition) is 0. The van der Waals surface area contributed by atoms with E-state index in [0.29, 0.717) is 23.5 Å². The number of ether oxygens (including phenoxy) is 1. The summed E-state index contributed by atoms with van der Waals surface area (Å²) in [5.41, 5.74) is 1.79. The molecule has 1 heterocycles. The lowest BCUT2D eigenvalue weighted by Crippen LogP contribution is -2.27. The number of halogens is 1. The van der Waals surface area contributed by atoms with Gasteiger partial charge in [-0.05, 0) is 41.6 Å². The third-order valence-corrected chi connectivity index (χ3v) is 6.29. The van der Waals surface area contributed by atoms with Crippen LogP contribution in [0.3, 0.4) is 0 Å². The van der Waals surface area contributed by atoms with Gasteiger partial charge in [0.05, 0.1) is 16.4 Å². The van der Waals surface area contributed by atoms with Gasteiger partial charge in [0.1, 0.15) is 12.4 Å². The van der Waals surface area contributed by atoms with Gasteiger partial charge in [-0.1, -0.05) is 64.5 Å². The smallest absolute Gasteiger partial charge is 0.293 e. The standard InChI is InChI=1S/C24H17BrN2O5S/c25-19-10-11-21(32-15-16-6-2-1-3-7-16)18(12-19)13-22-23(28)26(24(29)33-22)14-17-8-4-5-9-20(17)27(30)31/h1-13H,14-15H2/b22-13-. The van der Waals surface area contributed by atoms with E-state index >= 15 is 0 Å². The number of thioether (sulfide) groups is 1. The molecule has 2 amide bonds. The van der Waals surface area contributed by atoms with Crippen LogP contribution in [0.2, 0.25) is 0 Å². The Kier molecular flexibility index (Phi) is 6.90. The normalized spacial score (nSPS) is 14.7. The third-order valence-electron chi connectivity index (χ3n) is 4.89. The molecule has 0 saturated carbocycles. The summed E-state index contributed by atoms with van der Waals surface area (Å²) < 4.78 is 6.75. The summed E-state index contributed by atoms with van der Waals surface area (Å²) in [5, 5.41) is 10.8. The number of carbonyl (C=O) groups is 2. The predicted molar refractivity (Wildman–Crippen MR) is 130 cm³/mol. The molecular formula is C24H17BrN2O5S. The fraction of sp³-hybridized carbons (Fsp3) is 0.0833. The van der Waals surface area contributed by atoms with Gasteiger partial charge < -0.3 is 4.74 Å². The van der Waals surface area contributed by atoms with Crippen LogP contribution in [-0.2, 0) is 17.9 Å². The van der Waals surface area contributed by atoms with Gasteiger partial charge in [0.15, 0.2) is 0 Å². The Morgan fingerprint density at radius 3 is 2.52 bits per heavy atom. The molecule has 1 saturated heterocycles. The van der Waals surface area contributed by atoms with E-state index in [-0.39, 0.29) is 17.1 Å². The van der Waals surface area contributed by atoms with Crippen LogP contribution in [0.25, 0.3) is 6.08 Å². The minimum Gasteiger partial charge on any atom is -0.488 e. The van der Waals surface area contributed by atoms with Crippen molar-refractivity contribution in [2.75, 3.05) is 0 Å². The number of benzene rings is 3. The number of para-hydroxylation sites is 1. The van der Waals surface area contributed by atoms with Crippen LogP contribution in [0.5, 0.6) is 5.75 Å². The summed E-state index contributed by atoms with van der Waals surface area (Å²) in [6, 6.07) is 21.2. The zero-order chi connectivity index (χ0) is 23.4. The van der Waals surface area contributed by atoms with Crippen LogP contribution in [0, 0.1) is 10.1 Å². The molecular weight excluding hydrogens is 508 g/mol. The van der Waals surface area contributed by atoms with Gasteiger partial charge in [0.25, 0.3) is 16.8 Å². The zero-order valence-corrected chi connectivity index (χ0v) is 19.5. The van der Waals surface area contributed by atoms with Gasteiger partial charge >= 0.3 is 0 Å². The highest BCUT2D eigenvalue weighted by Gasteiger charge is 2.36. The van der Waals surface area contributed by atoms with E-state index in [1.165, 1.54) is 12.1 Å². The minimum atomic E-state index is -0.526. The molecule has 4 rings (SSSR count). The van der Waals surface area contributed by atoms with Crippen molar-refractivity contribution in [1.82, 2.24) is 4.90 Å². The van der Waals surface area contributed by atoms with Crippen LogP contribution >= 0.6 is 27.7 Å². The topological polar surface area (TPSA) is 89.8 Å². The maximum absolute atomic E-state index is 13.0. The van der Waals surface area contributed by atoms with Gasteiger partial charge in [-0.2, -0.15) is 0 Å². The molecule has 1 aliphatic rings. The summed E-state index contributed by atoms with van der Waals surface area (Å²) in [5.74, 6) is 0.0599. The van der Waals surface area contributed by atoms with Crippen LogP contribution in [0.4, 0.5) is 10.5 Å². The molecule has 0 radical (unpaired) electrons. The summed E-state index contributed by atoms with van der Waals surface area (Å²) in [7, 11) is 0. The van der Waals surface area contributed by atoms with Crippen molar-refractivity contribution in [2.45, 2.75) is 13.2 Å². The fourth-order valence-corrected chi connectivity index (χ4v) is 4.48. The molecule has 33 heavy (non-hydrogen) atoms. The van der Waals surface area contributed by atoms with E-state index in [9.17, 15) is 19.7 Å². The molecule has 3 aromatic rings. The maximum atomic E-state index is 13.0. The Balaban J connectivity index is 1.57. The van der Waals surface area contributed by atoms with Crippen molar-refractivity contribution in [3.05, 3.63) is 109 Å². The van der Waals surface area contributed by atoms with Gasteiger partial charge in [-0.15, -0.1) is 0 Å². The van der Waals surface area contributed by atoms with E-state index in [2.05, 4.69) is 15.9 Å². The number of imide groups is 1. The second kappa shape index (κ2) is 10.0. The van der Waals surface area contributed by atoms with Gasteiger partial charge in [-0.3, -0.25) is 24.6 Å². The summed E-state index contributed by atoms with van der Waals surface area (Å²) in [6.07, 6.45) is 1.61. The molecule has 1 fully saturated rings. The first-order chi connectivity index (χ1) is 15.9. The first-order valence-electron chi connectivity index (χ1n) is 9.86. The van der Waals surface area contributed by atoms with E-state index in [0.717, 1.165) is 26.7 Å². The van der Waals surface area contributed by atoms with Crippen molar-refractivity contribution >= 4 is 50.6 Å². The second-order valence-corrected chi connectivity index (χ2v) is 9.02. The number of nitro groups is 1. The molecule has 0 atom stereocenters. The Bertz CT molecular complexity index is 1260. The number of rotatable bonds is 7. The molecule has 0 spiro atoms. The SMILES string of the molecule is O=C1S/C(=C\c2cc(Br)ccc2OCc2ccccc2)C(=O)N1Cc1ccccc1[N+](=O)[O-]. The third kappa shape index (κ3) is 5.32. The molecule has 3 aromatic carbocycles. The Morgan fingerprint density at radius 2 is 1.76 bits per heavy atom. The lowest BCUT2D eigenvalue weighted by molar-refractivity contribution is -0.385. The van der Waals surface area contributed by atoms with Crippen LogP contribution in [0.1, 0.15) is 16.7 Å². The Hall–Kier alpha value is -3.43. The van der Waals surface area contributed by atoms with Crippen LogP contribution < -0.4 is 4.74 Å². The average molecular weight is 525 g/mol. The number of nitrogens with zero attached hydrogens (tertiary/aromatic N) is 2. The molecule has 0 aliphatic carbocycles. The van der Waals surface area contributed by atoms with Crippen LogP contribution in [0.15, 0.2) is 82.2 Å². The van der Waals surface area contributed by atoms with E-state index in [1.807, 2.05) is 36.4 Å². The molecule has 0 unspecified atom stereocenters.